The van der Waals surface area contributed by atoms with Crippen LogP contribution >= 0.6 is 0 Å². The summed E-state index contributed by atoms with van der Waals surface area (Å²) in [5.41, 5.74) is 0. The Balaban J connectivity index is 2.40. The van der Waals surface area contributed by atoms with Crippen LogP contribution in [-0.4, -0.2) is 23.6 Å². The highest BCUT2D eigenvalue weighted by atomic mass is 16.4. The summed E-state index contributed by atoms with van der Waals surface area (Å²) >= 11 is 0. The molecule has 8 heavy (non-hydrogen) atoms. The molecule has 1 radical (unpaired) electrons. The Morgan fingerprint density at radius 2 is 2.50 bits per heavy atom. The first kappa shape index (κ1) is 4.91. The van der Waals surface area contributed by atoms with Crippen molar-refractivity contribution >= 4 is 6.09 Å². The van der Waals surface area contributed by atoms with Crippen LogP contribution in [0.4, 0.5) is 4.79 Å². The number of nitriles is 1. The van der Waals surface area contributed by atoms with Gasteiger partial charge in [-0.15, -0.1) is 0 Å². The molecule has 0 spiro atoms. The van der Waals surface area contributed by atoms with Gasteiger partial charge in [-0.2, -0.15) is 5.26 Å². The molecule has 0 saturated carbocycles. The van der Waals surface area contributed by atoms with Gasteiger partial charge in [-0.25, -0.2) is 9.90 Å². The maximum Gasteiger partial charge on any atom is 0.454 e. The molecule has 1 fully saturated rings. The van der Waals surface area contributed by atoms with Crippen LogP contribution in [0.3, 0.4) is 0 Å². The summed E-state index contributed by atoms with van der Waals surface area (Å²) < 4.78 is 0. The zero-order valence-electron chi connectivity index (χ0n) is 4.00. The molecular formula is C4H3N2O2. The molecule has 0 N–H and O–H groups in total. The van der Waals surface area contributed by atoms with Crippen molar-refractivity contribution in [3.63, 3.8) is 0 Å². The van der Waals surface area contributed by atoms with Crippen molar-refractivity contribution in [2.45, 2.75) is 6.04 Å². The average Bonchev–Trinajstić information content (AvgIpc) is 2.42. The van der Waals surface area contributed by atoms with Crippen LogP contribution in [0.1, 0.15) is 0 Å². The summed E-state index contributed by atoms with van der Waals surface area (Å²) in [6, 6.07) is 1.34. The van der Waals surface area contributed by atoms with Gasteiger partial charge >= 0.3 is 6.09 Å². The summed E-state index contributed by atoms with van der Waals surface area (Å²) in [6.07, 6.45) is -1.25. The van der Waals surface area contributed by atoms with Gasteiger partial charge in [0.05, 0.1) is 12.6 Å². The van der Waals surface area contributed by atoms with E-state index in [1.54, 1.807) is 6.07 Å². The summed E-state index contributed by atoms with van der Waals surface area (Å²) in [6.45, 7) is 0.318. The Bertz CT molecular complexity index is 160. The maximum atomic E-state index is 9.79. The van der Waals surface area contributed by atoms with Crippen LogP contribution in [-0.2, 0) is 5.11 Å². The maximum absolute atomic E-state index is 9.79. The quantitative estimate of drug-likeness (QED) is 0.404. The Hall–Kier alpha value is -1.24. The first-order valence-electron chi connectivity index (χ1n) is 2.13. The number of hydrogen-bond acceptors (Lipinski definition) is 2. The third-order valence-corrected chi connectivity index (χ3v) is 0.996. The SMILES string of the molecule is N#CC1CN1C([O])=O. The molecule has 0 aromatic rings. The lowest BCUT2D eigenvalue weighted by molar-refractivity contribution is 0.151. The molecular weight excluding hydrogens is 108 g/mol. The molecule has 41 valence electrons. The van der Waals surface area contributed by atoms with Gasteiger partial charge in [0.2, 0.25) is 0 Å². The van der Waals surface area contributed by atoms with E-state index < -0.39 is 12.1 Å². The van der Waals surface area contributed by atoms with Gasteiger partial charge in [0, 0.05) is 0 Å². The van der Waals surface area contributed by atoms with Crippen LogP contribution in [0.5, 0.6) is 0 Å². The lowest BCUT2D eigenvalue weighted by atomic mass is 10.5. The Kier molecular flexibility index (Phi) is 0.841. The van der Waals surface area contributed by atoms with Crippen LogP contribution in [0.2, 0.25) is 0 Å². The largest absolute Gasteiger partial charge is 0.454 e. The van der Waals surface area contributed by atoms with Crippen molar-refractivity contribution in [1.29, 1.82) is 5.26 Å². The molecule has 1 rings (SSSR count). The smallest absolute Gasteiger partial charge is 0.284 e. The van der Waals surface area contributed by atoms with Gasteiger partial charge in [-0.3, -0.25) is 4.90 Å². The van der Waals surface area contributed by atoms with Crippen molar-refractivity contribution in [3.05, 3.63) is 0 Å². The van der Waals surface area contributed by atoms with E-state index in [0.717, 1.165) is 4.90 Å². The monoisotopic (exact) mass is 111 g/mol. The minimum absolute atomic E-state index is 0.318. The zero-order valence-corrected chi connectivity index (χ0v) is 4.00. The number of rotatable bonds is 0. The third kappa shape index (κ3) is 0.581. The molecule has 0 aromatic heterocycles. The molecule has 0 aromatic carbocycles. The fourth-order valence-electron chi connectivity index (χ4n) is 0.451. The second-order valence-electron chi connectivity index (χ2n) is 1.56. The van der Waals surface area contributed by atoms with Crippen LogP contribution in [0, 0.1) is 11.3 Å². The first-order valence-corrected chi connectivity index (χ1v) is 2.13. The van der Waals surface area contributed by atoms with E-state index in [2.05, 4.69) is 0 Å². The van der Waals surface area contributed by atoms with E-state index in [9.17, 15) is 9.90 Å². The number of carbonyl (C=O) groups excluding carboxylic acids is 1. The lowest BCUT2D eigenvalue weighted by Crippen LogP contribution is -2.06. The van der Waals surface area contributed by atoms with E-state index in [1.807, 2.05) is 0 Å². The van der Waals surface area contributed by atoms with Crippen molar-refractivity contribution in [1.82, 2.24) is 4.90 Å². The van der Waals surface area contributed by atoms with E-state index in [-0.39, 0.29) is 0 Å². The Morgan fingerprint density at radius 3 is 2.62 bits per heavy atom. The Morgan fingerprint density at radius 1 is 1.88 bits per heavy atom. The van der Waals surface area contributed by atoms with Crippen LogP contribution in [0.15, 0.2) is 0 Å². The zero-order chi connectivity index (χ0) is 6.15. The topological polar surface area (TPSA) is 63.8 Å². The van der Waals surface area contributed by atoms with Gasteiger partial charge in [0.25, 0.3) is 0 Å². The summed E-state index contributed by atoms with van der Waals surface area (Å²) in [5.74, 6) is 0. The molecule has 1 aliphatic rings. The van der Waals surface area contributed by atoms with Gasteiger partial charge in [0.15, 0.2) is 0 Å². The van der Waals surface area contributed by atoms with Crippen molar-refractivity contribution in [2.24, 2.45) is 0 Å². The second kappa shape index (κ2) is 1.37. The highest BCUT2D eigenvalue weighted by molar-refractivity contribution is 5.69. The van der Waals surface area contributed by atoms with Gasteiger partial charge < -0.3 is 0 Å². The fourth-order valence-corrected chi connectivity index (χ4v) is 0.451. The predicted octanol–water partition coefficient (Wildman–Crippen LogP) is -0.255. The molecule has 4 heteroatoms. The first-order chi connectivity index (χ1) is 3.75. The standard InChI is InChI=1S/C4H3N2O2/c5-1-3-2-6(3)4(7)8/h3H,2H2. The van der Waals surface area contributed by atoms with Crippen LogP contribution < -0.4 is 0 Å². The Labute approximate surface area is 45.9 Å². The summed E-state index contributed by atoms with van der Waals surface area (Å²) in [4.78, 5) is 10.8. The molecule has 0 aliphatic carbocycles. The van der Waals surface area contributed by atoms with Crippen LogP contribution in [0.25, 0.3) is 0 Å². The minimum Gasteiger partial charge on any atom is -0.284 e. The lowest BCUT2D eigenvalue weighted by Gasteiger charge is -1.82. The van der Waals surface area contributed by atoms with E-state index in [1.165, 1.54) is 0 Å². The molecule has 0 bridgehead atoms. The number of hydrogen-bond donors (Lipinski definition) is 0. The van der Waals surface area contributed by atoms with E-state index in [4.69, 9.17) is 5.26 Å². The molecule has 1 heterocycles. The number of amides is 1. The highest BCUT2D eigenvalue weighted by Gasteiger charge is 2.39. The van der Waals surface area contributed by atoms with Crippen molar-refractivity contribution in [3.8, 4) is 6.07 Å². The normalized spacial score (nSPS) is 24.4. The van der Waals surface area contributed by atoms with Gasteiger partial charge in [-0.05, 0) is 0 Å². The van der Waals surface area contributed by atoms with E-state index >= 15 is 0 Å². The molecule has 1 aliphatic heterocycles. The summed E-state index contributed by atoms with van der Waals surface area (Å²) in [5, 5.41) is 17.8. The summed E-state index contributed by atoms with van der Waals surface area (Å²) in [7, 11) is 0. The van der Waals surface area contributed by atoms with Gasteiger partial charge in [-0.1, -0.05) is 0 Å². The number of carbonyl (C=O) groups is 1. The van der Waals surface area contributed by atoms with E-state index in [0.29, 0.717) is 6.54 Å². The molecule has 1 saturated heterocycles. The van der Waals surface area contributed by atoms with Gasteiger partial charge in [0.1, 0.15) is 6.04 Å². The number of nitrogens with zero attached hydrogens (tertiary/aromatic N) is 2. The molecule has 1 unspecified atom stereocenters. The molecule has 4 nitrogen and oxygen atoms in total. The molecule has 1 atom stereocenters. The predicted molar refractivity (Wildman–Crippen MR) is 22.2 cm³/mol. The van der Waals surface area contributed by atoms with Crippen molar-refractivity contribution < 1.29 is 9.90 Å². The molecule has 1 amide bonds. The third-order valence-electron chi connectivity index (χ3n) is 0.996. The second-order valence-corrected chi connectivity index (χ2v) is 1.56. The fraction of sp³-hybridized carbons (Fsp3) is 0.500. The highest BCUT2D eigenvalue weighted by Crippen LogP contribution is 2.14. The van der Waals surface area contributed by atoms with Crippen molar-refractivity contribution in [2.75, 3.05) is 6.54 Å². The average molecular weight is 111 g/mol. The minimum atomic E-state index is -1.25.